The summed E-state index contributed by atoms with van der Waals surface area (Å²) in [5.74, 6) is 0. The van der Waals surface area contributed by atoms with Crippen molar-refractivity contribution in [1.82, 2.24) is 0 Å². The predicted octanol–water partition coefficient (Wildman–Crippen LogP) is 2.46. The zero-order valence-electron chi connectivity index (χ0n) is 9.44. The van der Waals surface area contributed by atoms with Gasteiger partial charge in [-0.2, -0.15) is 0 Å². The van der Waals surface area contributed by atoms with Crippen molar-refractivity contribution >= 4 is 23.0 Å². The smallest absolute Gasteiger partial charge is 0.288 e. The molecule has 92 valence electrons. The van der Waals surface area contributed by atoms with Crippen molar-refractivity contribution in [3.05, 3.63) is 32.8 Å². The third-order valence-corrected chi connectivity index (χ3v) is 3.33. The molecule has 3 N–H and O–H groups in total. The normalized spacial score (nSPS) is 23.0. The number of hydrogen-bond donors (Lipinski definition) is 2. The summed E-state index contributed by atoms with van der Waals surface area (Å²) in [6, 6.07) is 3.71. The Morgan fingerprint density at radius 3 is 2.71 bits per heavy atom. The van der Waals surface area contributed by atoms with Gasteiger partial charge in [0, 0.05) is 23.8 Å². The van der Waals surface area contributed by atoms with Crippen molar-refractivity contribution in [1.29, 1.82) is 0 Å². The molecule has 0 aromatic heterocycles. The van der Waals surface area contributed by atoms with Crippen LogP contribution in [0.4, 0.5) is 11.4 Å². The molecule has 2 rings (SSSR count). The minimum absolute atomic E-state index is 0.0555. The Balaban J connectivity index is 2.18. The van der Waals surface area contributed by atoms with Gasteiger partial charge in [-0.3, -0.25) is 10.1 Å². The molecule has 1 aliphatic rings. The number of aryl methyl sites for hydroxylation is 1. The molecule has 1 aromatic rings. The number of rotatable bonds is 3. The SMILES string of the molecule is Cc1cc([N+](=O)[O-])c(Cl)cc1NC1CC(N)C1. The van der Waals surface area contributed by atoms with E-state index < -0.39 is 4.92 Å². The maximum absolute atomic E-state index is 10.7. The number of halogens is 1. The molecule has 1 fully saturated rings. The van der Waals surface area contributed by atoms with Gasteiger partial charge in [0.05, 0.1) is 4.92 Å². The average molecular weight is 256 g/mol. The molecule has 17 heavy (non-hydrogen) atoms. The van der Waals surface area contributed by atoms with E-state index in [4.69, 9.17) is 17.3 Å². The van der Waals surface area contributed by atoms with Gasteiger partial charge in [0.1, 0.15) is 5.02 Å². The molecule has 1 saturated carbocycles. The van der Waals surface area contributed by atoms with E-state index in [9.17, 15) is 10.1 Å². The molecule has 1 aliphatic carbocycles. The van der Waals surface area contributed by atoms with Crippen LogP contribution in [0, 0.1) is 17.0 Å². The minimum atomic E-state index is -0.474. The highest BCUT2D eigenvalue weighted by Crippen LogP contribution is 2.32. The third-order valence-electron chi connectivity index (χ3n) is 3.02. The van der Waals surface area contributed by atoms with Gasteiger partial charge in [0.2, 0.25) is 0 Å². The fourth-order valence-corrected chi connectivity index (χ4v) is 2.19. The van der Waals surface area contributed by atoms with Crippen LogP contribution in [0.1, 0.15) is 18.4 Å². The summed E-state index contributed by atoms with van der Waals surface area (Å²) in [4.78, 5) is 10.2. The van der Waals surface area contributed by atoms with Crippen molar-refractivity contribution in [2.24, 2.45) is 5.73 Å². The summed E-state index contributed by atoms with van der Waals surface area (Å²) in [6.45, 7) is 1.82. The van der Waals surface area contributed by atoms with Crippen LogP contribution in [0.2, 0.25) is 5.02 Å². The van der Waals surface area contributed by atoms with E-state index in [-0.39, 0.29) is 16.8 Å². The molecule has 0 saturated heterocycles. The van der Waals surface area contributed by atoms with Gasteiger partial charge in [-0.15, -0.1) is 0 Å². The molecule has 0 amide bonds. The number of benzene rings is 1. The molecule has 6 heteroatoms. The fraction of sp³-hybridized carbons (Fsp3) is 0.455. The molecule has 1 aromatic carbocycles. The summed E-state index contributed by atoms with van der Waals surface area (Å²) in [5, 5.41) is 14.2. The van der Waals surface area contributed by atoms with Crippen LogP contribution in [0.3, 0.4) is 0 Å². The molecule has 0 unspecified atom stereocenters. The van der Waals surface area contributed by atoms with Gasteiger partial charge < -0.3 is 11.1 Å². The van der Waals surface area contributed by atoms with Crippen LogP contribution < -0.4 is 11.1 Å². The third kappa shape index (κ3) is 2.50. The van der Waals surface area contributed by atoms with E-state index in [0.29, 0.717) is 6.04 Å². The molecular formula is C11H14ClN3O2. The standard InChI is InChI=1S/C11H14ClN3O2/c1-6-2-11(15(16)17)9(12)5-10(6)14-8-3-7(13)4-8/h2,5,7-8,14H,3-4,13H2,1H3. The highest BCUT2D eigenvalue weighted by Gasteiger charge is 2.26. The van der Waals surface area contributed by atoms with E-state index in [0.717, 1.165) is 24.1 Å². The molecule has 0 heterocycles. The molecule has 0 bridgehead atoms. The van der Waals surface area contributed by atoms with Crippen LogP contribution in [-0.2, 0) is 0 Å². The second-order valence-corrected chi connectivity index (χ2v) is 4.86. The molecule has 0 atom stereocenters. The van der Waals surface area contributed by atoms with Crippen LogP contribution in [0.15, 0.2) is 12.1 Å². The first-order valence-electron chi connectivity index (χ1n) is 5.44. The van der Waals surface area contributed by atoms with Gasteiger partial charge in [0.15, 0.2) is 0 Å². The van der Waals surface area contributed by atoms with Gasteiger partial charge in [0.25, 0.3) is 5.69 Å². The lowest BCUT2D eigenvalue weighted by Gasteiger charge is -2.34. The number of anilines is 1. The van der Waals surface area contributed by atoms with Crippen molar-refractivity contribution in [3.8, 4) is 0 Å². The lowest BCUT2D eigenvalue weighted by atomic mass is 9.87. The average Bonchev–Trinajstić information content (AvgIpc) is 2.20. The van der Waals surface area contributed by atoms with E-state index in [2.05, 4.69) is 5.32 Å². The highest BCUT2D eigenvalue weighted by molar-refractivity contribution is 6.33. The van der Waals surface area contributed by atoms with Gasteiger partial charge >= 0.3 is 0 Å². The Morgan fingerprint density at radius 1 is 1.53 bits per heavy atom. The first-order chi connectivity index (χ1) is 7.97. The highest BCUT2D eigenvalue weighted by atomic mass is 35.5. The van der Waals surface area contributed by atoms with Gasteiger partial charge in [-0.1, -0.05) is 11.6 Å². The Hall–Kier alpha value is -1.33. The van der Waals surface area contributed by atoms with Crippen molar-refractivity contribution < 1.29 is 4.92 Å². The maximum Gasteiger partial charge on any atom is 0.288 e. The number of hydrogen-bond acceptors (Lipinski definition) is 4. The van der Waals surface area contributed by atoms with E-state index in [1.165, 1.54) is 6.07 Å². The molecule has 0 spiro atoms. The number of nitro groups is 1. The molecular weight excluding hydrogens is 242 g/mol. The predicted molar refractivity (Wildman–Crippen MR) is 67.5 cm³/mol. The van der Waals surface area contributed by atoms with Crippen LogP contribution in [0.5, 0.6) is 0 Å². The fourth-order valence-electron chi connectivity index (χ4n) is 1.96. The van der Waals surface area contributed by atoms with E-state index in [1.54, 1.807) is 6.07 Å². The molecule has 0 aliphatic heterocycles. The minimum Gasteiger partial charge on any atom is -0.382 e. The summed E-state index contributed by atoms with van der Waals surface area (Å²) in [7, 11) is 0. The Labute approximate surface area is 104 Å². The summed E-state index contributed by atoms with van der Waals surface area (Å²) < 4.78 is 0. The number of nitro benzene ring substituents is 1. The van der Waals surface area contributed by atoms with Crippen LogP contribution in [0.25, 0.3) is 0 Å². The Bertz CT molecular complexity index is 458. The zero-order chi connectivity index (χ0) is 12.6. The van der Waals surface area contributed by atoms with Crippen molar-refractivity contribution in [2.45, 2.75) is 31.8 Å². The van der Waals surface area contributed by atoms with E-state index in [1.807, 2.05) is 6.92 Å². The lowest BCUT2D eigenvalue weighted by molar-refractivity contribution is -0.384. The quantitative estimate of drug-likeness (QED) is 0.642. The van der Waals surface area contributed by atoms with Gasteiger partial charge in [-0.25, -0.2) is 0 Å². The first kappa shape index (κ1) is 12.1. The lowest BCUT2D eigenvalue weighted by Crippen LogP contribution is -2.44. The summed E-state index contributed by atoms with van der Waals surface area (Å²) >= 11 is 5.86. The number of nitrogens with one attached hydrogen (secondary N) is 1. The number of nitrogens with zero attached hydrogens (tertiary/aromatic N) is 1. The maximum atomic E-state index is 10.7. The summed E-state index contributed by atoms with van der Waals surface area (Å²) in [5.41, 5.74) is 7.31. The van der Waals surface area contributed by atoms with Crippen LogP contribution >= 0.6 is 11.6 Å². The summed E-state index contributed by atoms with van der Waals surface area (Å²) in [6.07, 6.45) is 1.85. The van der Waals surface area contributed by atoms with Gasteiger partial charge in [-0.05, 0) is 31.4 Å². The largest absolute Gasteiger partial charge is 0.382 e. The molecule has 0 radical (unpaired) electrons. The Kier molecular flexibility index (Phi) is 3.22. The second-order valence-electron chi connectivity index (χ2n) is 4.45. The zero-order valence-corrected chi connectivity index (χ0v) is 10.2. The van der Waals surface area contributed by atoms with Crippen molar-refractivity contribution in [3.63, 3.8) is 0 Å². The topological polar surface area (TPSA) is 81.2 Å². The monoisotopic (exact) mass is 255 g/mol. The molecule has 5 nitrogen and oxygen atoms in total. The Morgan fingerprint density at radius 2 is 2.18 bits per heavy atom. The van der Waals surface area contributed by atoms with E-state index >= 15 is 0 Å². The second kappa shape index (κ2) is 4.50. The first-order valence-corrected chi connectivity index (χ1v) is 5.82. The van der Waals surface area contributed by atoms with Crippen molar-refractivity contribution in [2.75, 3.05) is 5.32 Å². The van der Waals surface area contributed by atoms with Crippen LogP contribution in [-0.4, -0.2) is 17.0 Å². The number of nitrogens with two attached hydrogens (primary N) is 1.